The van der Waals surface area contributed by atoms with E-state index in [0.29, 0.717) is 11.5 Å². The Morgan fingerprint density at radius 3 is 2.25 bits per heavy atom. The number of nitrogens with two attached hydrogens (primary N) is 1. The van der Waals surface area contributed by atoms with Crippen LogP contribution in [0.5, 0.6) is 0 Å². The van der Waals surface area contributed by atoms with Crippen molar-refractivity contribution in [3.05, 3.63) is 0 Å². The monoisotopic (exact) mass is 282 g/mol. The van der Waals surface area contributed by atoms with Gasteiger partial charge in [-0.1, -0.05) is 66.2 Å². The van der Waals surface area contributed by atoms with Crippen LogP contribution < -0.4 is 11.3 Å². The number of rotatable bonds is 10. The molecule has 0 aromatic rings. The van der Waals surface area contributed by atoms with Crippen LogP contribution >= 0.6 is 0 Å². The van der Waals surface area contributed by atoms with E-state index in [1.54, 1.807) is 0 Å². The second-order valence-corrected chi connectivity index (χ2v) is 7.54. The van der Waals surface area contributed by atoms with Crippen molar-refractivity contribution in [1.82, 2.24) is 5.43 Å². The van der Waals surface area contributed by atoms with Gasteiger partial charge in [-0.25, -0.2) is 0 Å². The van der Waals surface area contributed by atoms with Crippen molar-refractivity contribution in [1.29, 1.82) is 0 Å². The number of hydrogen-bond donors (Lipinski definition) is 2. The minimum absolute atomic E-state index is 0.475. The van der Waals surface area contributed by atoms with Crippen molar-refractivity contribution >= 4 is 0 Å². The van der Waals surface area contributed by atoms with E-state index in [4.69, 9.17) is 5.84 Å². The lowest BCUT2D eigenvalue weighted by Crippen LogP contribution is -2.49. The largest absolute Gasteiger partial charge is 0.271 e. The van der Waals surface area contributed by atoms with Crippen LogP contribution in [0.2, 0.25) is 0 Å². The van der Waals surface area contributed by atoms with Crippen molar-refractivity contribution in [2.24, 2.45) is 23.1 Å². The second kappa shape index (κ2) is 9.04. The maximum atomic E-state index is 6.00. The number of unbranched alkanes of at least 4 members (excludes halogenated alkanes) is 1. The van der Waals surface area contributed by atoms with E-state index in [1.165, 1.54) is 64.2 Å². The Labute approximate surface area is 127 Å². The van der Waals surface area contributed by atoms with Crippen molar-refractivity contribution in [3.63, 3.8) is 0 Å². The molecular weight excluding hydrogens is 244 g/mol. The highest BCUT2D eigenvalue weighted by Crippen LogP contribution is 2.47. The molecule has 2 nitrogen and oxygen atoms in total. The summed E-state index contributed by atoms with van der Waals surface area (Å²) < 4.78 is 0. The van der Waals surface area contributed by atoms with Crippen LogP contribution in [-0.2, 0) is 0 Å². The molecule has 1 saturated carbocycles. The van der Waals surface area contributed by atoms with Crippen LogP contribution in [0, 0.1) is 17.3 Å². The molecule has 1 aliphatic rings. The fourth-order valence-corrected chi connectivity index (χ4v) is 4.40. The third-order valence-corrected chi connectivity index (χ3v) is 5.47. The lowest BCUT2D eigenvalue weighted by molar-refractivity contribution is 0.130. The van der Waals surface area contributed by atoms with E-state index in [2.05, 4.69) is 33.1 Å². The first-order valence-electron chi connectivity index (χ1n) is 9.04. The van der Waals surface area contributed by atoms with Gasteiger partial charge in [-0.2, -0.15) is 0 Å². The van der Waals surface area contributed by atoms with E-state index in [9.17, 15) is 0 Å². The topological polar surface area (TPSA) is 38.0 Å². The van der Waals surface area contributed by atoms with Gasteiger partial charge >= 0.3 is 0 Å². The maximum Gasteiger partial charge on any atom is 0.0269 e. The SMILES string of the molecule is CCCCC(CC)CC(NN)C1(CC(C)C)CCCC1. The molecule has 120 valence electrons. The van der Waals surface area contributed by atoms with Crippen molar-refractivity contribution < 1.29 is 0 Å². The zero-order chi connectivity index (χ0) is 15.0. The van der Waals surface area contributed by atoms with E-state index in [-0.39, 0.29) is 0 Å². The molecule has 0 aromatic carbocycles. The third kappa shape index (κ3) is 5.04. The molecule has 1 fully saturated rings. The molecule has 0 heterocycles. The predicted octanol–water partition coefficient (Wildman–Crippen LogP) is 5.03. The summed E-state index contributed by atoms with van der Waals surface area (Å²) in [4.78, 5) is 0. The van der Waals surface area contributed by atoms with Crippen LogP contribution in [0.1, 0.15) is 91.9 Å². The zero-order valence-electron chi connectivity index (χ0n) is 14.4. The quantitative estimate of drug-likeness (QED) is 0.435. The summed E-state index contributed by atoms with van der Waals surface area (Å²) in [5, 5.41) is 0. The Morgan fingerprint density at radius 1 is 1.15 bits per heavy atom. The average Bonchev–Trinajstić information content (AvgIpc) is 2.87. The Hall–Kier alpha value is -0.0800. The number of nitrogens with one attached hydrogen (secondary N) is 1. The van der Waals surface area contributed by atoms with Gasteiger partial charge in [0.05, 0.1) is 0 Å². The van der Waals surface area contributed by atoms with Crippen molar-refractivity contribution in [3.8, 4) is 0 Å². The summed E-state index contributed by atoms with van der Waals surface area (Å²) in [7, 11) is 0. The summed E-state index contributed by atoms with van der Waals surface area (Å²) in [6.45, 7) is 9.37. The first-order valence-corrected chi connectivity index (χ1v) is 9.04. The summed E-state index contributed by atoms with van der Waals surface area (Å²) in [5.74, 6) is 7.62. The molecule has 0 spiro atoms. The highest BCUT2D eigenvalue weighted by Gasteiger charge is 2.41. The summed E-state index contributed by atoms with van der Waals surface area (Å²) >= 11 is 0. The number of hydrogen-bond acceptors (Lipinski definition) is 2. The summed E-state index contributed by atoms with van der Waals surface area (Å²) in [6, 6.07) is 0.522. The maximum absolute atomic E-state index is 6.00. The van der Waals surface area contributed by atoms with Gasteiger partial charge in [-0.3, -0.25) is 11.3 Å². The van der Waals surface area contributed by atoms with Gasteiger partial charge in [-0.15, -0.1) is 0 Å². The Morgan fingerprint density at radius 2 is 1.80 bits per heavy atom. The average molecular weight is 283 g/mol. The molecule has 0 bridgehead atoms. The first-order chi connectivity index (χ1) is 9.57. The lowest BCUT2D eigenvalue weighted by atomic mass is 9.69. The molecule has 2 unspecified atom stereocenters. The molecule has 0 amide bonds. The Balaban J connectivity index is 2.69. The molecule has 1 aliphatic carbocycles. The van der Waals surface area contributed by atoms with Gasteiger partial charge in [0.25, 0.3) is 0 Å². The second-order valence-electron chi connectivity index (χ2n) is 7.54. The van der Waals surface area contributed by atoms with E-state index < -0.39 is 0 Å². The highest BCUT2D eigenvalue weighted by atomic mass is 15.2. The van der Waals surface area contributed by atoms with Crippen LogP contribution in [-0.4, -0.2) is 6.04 Å². The zero-order valence-corrected chi connectivity index (χ0v) is 14.4. The Bertz CT molecular complexity index is 244. The standard InChI is InChI=1S/C18H38N2/c1-5-7-10-16(6-2)13-17(20-19)18(14-15(3)4)11-8-9-12-18/h15-17,20H,5-14,19H2,1-4H3. The molecule has 20 heavy (non-hydrogen) atoms. The summed E-state index contributed by atoms with van der Waals surface area (Å²) in [5.41, 5.74) is 3.71. The summed E-state index contributed by atoms with van der Waals surface area (Å²) in [6.07, 6.45) is 13.5. The lowest BCUT2D eigenvalue weighted by Gasteiger charge is -2.40. The number of hydrazine groups is 1. The van der Waals surface area contributed by atoms with Gasteiger partial charge < -0.3 is 0 Å². The van der Waals surface area contributed by atoms with Crippen LogP contribution in [0.4, 0.5) is 0 Å². The van der Waals surface area contributed by atoms with E-state index >= 15 is 0 Å². The van der Waals surface area contributed by atoms with E-state index in [0.717, 1.165) is 11.8 Å². The van der Waals surface area contributed by atoms with Gasteiger partial charge in [-0.05, 0) is 42.9 Å². The molecule has 0 aliphatic heterocycles. The van der Waals surface area contributed by atoms with Gasteiger partial charge in [0.15, 0.2) is 0 Å². The molecule has 2 heteroatoms. The van der Waals surface area contributed by atoms with Gasteiger partial charge in [0.2, 0.25) is 0 Å². The highest BCUT2D eigenvalue weighted by molar-refractivity contribution is 4.95. The smallest absolute Gasteiger partial charge is 0.0269 e. The van der Waals surface area contributed by atoms with Crippen LogP contribution in [0.15, 0.2) is 0 Å². The molecule has 0 aromatic heterocycles. The molecule has 0 saturated heterocycles. The normalized spacial score (nSPS) is 21.3. The molecule has 2 atom stereocenters. The molecule has 0 radical (unpaired) electrons. The fourth-order valence-electron chi connectivity index (χ4n) is 4.40. The third-order valence-electron chi connectivity index (χ3n) is 5.47. The Kier molecular flexibility index (Phi) is 8.13. The van der Waals surface area contributed by atoms with Crippen molar-refractivity contribution in [2.75, 3.05) is 0 Å². The van der Waals surface area contributed by atoms with Crippen LogP contribution in [0.25, 0.3) is 0 Å². The minimum atomic E-state index is 0.475. The predicted molar refractivity (Wildman–Crippen MR) is 89.4 cm³/mol. The molecule has 1 rings (SSSR count). The van der Waals surface area contributed by atoms with Gasteiger partial charge in [0, 0.05) is 6.04 Å². The minimum Gasteiger partial charge on any atom is -0.271 e. The fraction of sp³-hybridized carbons (Fsp3) is 1.00. The van der Waals surface area contributed by atoms with Crippen LogP contribution in [0.3, 0.4) is 0 Å². The molecular formula is C18H38N2. The molecule has 3 N–H and O–H groups in total. The van der Waals surface area contributed by atoms with Crippen molar-refractivity contribution in [2.45, 2.75) is 97.9 Å². The van der Waals surface area contributed by atoms with Gasteiger partial charge in [0.1, 0.15) is 0 Å². The van der Waals surface area contributed by atoms with E-state index in [1.807, 2.05) is 0 Å². The first kappa shape index (κ1) is 18.0.